The van der Waals surface area contributed by atoms with Crippen molar-refractivity contribution in [2.45, 2.75) is 39.7 Å². The van der Waals surface area contributed by atoms with Crippen LogP contribution in [-0.2, 0) is 10.4 Å². The molecule has 86 valence electrons. The van der Waals surface area contributed by atoms with E-state index in [4.69, 9.17) is 0 Å². The Morgan fingerprint density at radius 1 is 1.38 bits per heavy atom. The van der Waals surface area contributed by atoms with Gasteiger partial charge in [0.2, 0.25) is 0 Å². The minimum atomic E-state index is -0.856. The van der Waals surface area contributed by atoms with Crippen LogP contribution in [0, 0.1) is 23.8 Å². The predicted octanol–water partition coefficient (Wildman–Crippen LogP) is 1.24. The minimum absolute atomic E-state index is 0.426. The second-order valence-corrected chi connectivity index (χ2v) is 3.76. The Hall–Kier alpha value is -1.49. The molecule has 0 aromatic rings. The summed E-state index contributed by atoms with van der Waals surface area (Å²) in [6, 6.07) is 2.35. The third-order valence-corrected chi connectivity index (χ3v) is 2.42. The van der Waals surface area contributed by atoms with Crippen molar-refractivity contribution in [2.24, 2.45) is 0 Å². The SMILES string of the molecule is CC#CC#C[N+]([O])=C(CC)C(C)(C)N(C)[O]. The van der Waals surface area contributed by atoms with Crippen LogP contribution in [0.5, 0.6) is 0 Å². The van der Waals surface area contributed by atoms with Gasteiger partial charge in [0, 0.05) is 18.7 Å². The van der Waals surface area contributed by atoms with Gasteiger partial charge in [-0.25, -0.2) is 0 Å². The zero-order valence-electron chi connectivity index (χ0n) is 10.4. The third-order valence-electron chi connectivity index (χ3n) is 2.42. The summed E-state index contributed by atoms with van der Waals surface area (Å²) in [6.45, 7) is 6.84. The summed E-state index contributed by atoms with van der Waals surface area (Å²) in [7, 11) is 1.39. The molecule has 0 heterocycles. The highest BCUT2D eigenvalue weighted by molar-refractivity contribution is 5.88. The summed E-state index contributed by atoms with van der Waals surface area (Å²) in [6.07, 6.45) is 0.470. The molecule has 0 unspecified atom stereocenters. The van der Waals surface area contributed by atoms with E-state index in [0.29, 0.717) is 16.9 Å². The fourth-order valence-corrected chi connectivity index (χ4v) is 1.22. The van der Waals surface area contributed by atoms with Crippen LogP contribution < -0.4 is 0 Å². The average Bonchev–Trinajstić information content (AvgIpc) is 2.18. The van der Waals surface area contributed by atoms with E-state index in [2.05, 4.69) is 23.8 Å². The zero-order chi connectivity index (χ0) is 12.8. The molecular weight excluding hydrogens is 204 g/mol. The quantitative estimate of drug-likeness (QED) is 0.232. The monoisotopic (exact) mass is 221 g/mol. The van der Waals surface area contributed by atoms with Crippen molar-refractivity contribution in [1.82, 2.24) is 5.06 Å². The van der Waals surface area contributed by atoms with Crippen LogP contribution in [0.2, 0.25) is 0 Å². The van der Waals surface area contributed by atoms with Crippen molar-refractivity contribution in [1.29, 1.82) is 0 Å². The van der Waals surface area contributed by atoms with Crippen LogP contribution in [0.15, 0.2) is 0 Å². The normalized spacial score (nSPS) is 12.2. The molecule has 2 radical (unpaired) electrons. The Morgan fingerprint density at radius 3 is 2.31 bits per heavy atom. The molecule has 0 aliphatic carbocycles. The molecule has 4 heteroatoms. The second-order valence-electron chi connectivity index (χ2n) is 3.76. The van der Waals surface area contributed by atoms with Gasteiger partial charge in [-0.3, -0.25) is 0 Å². The molecule has 0 amide bonds. The first-order valence-electron chi connectivity index (χ1n) is 5.04. The molecule has 0 atom stereocenters. The lowest BCUT2D eigenvalue weighted by Gasteiger charge is -2.24. The first-order chi connectivity index (χ1) is 7.37. The summed E-state index contributed by atoms with van der Waals surface area (Å²) >= 11 is 0. The zero-order valence-corrected chi connectivity index (χ0v) is 10.4. The standard InChI is InChI=1S/C12H17N2O2/c1-6-8-9-10-14(16)11(7-2)12(3,4)13(5)15/h7H2,1-5H3/q+1. The predicted molar refractivity (Wildman–Crippen MR) is 60.0 cm³/mol. The van der Waals surface area contributed by atoms with Crippen molar-refractivity contribution in [3.05, 3.63) is 0 Å². The molecule has 0 aromatic heterocycles. The molecule has 0 aliphatic rings. The molecule has 4 nitrogen and oxygen atoms in total. The summed E-state index contributed by atoms with van der Waals surface area (Å²) in [5.74, 6) is 7.47. The van der Waals surface area contributed by atoms with Gasteiger partial charge in [0.15, 0.2) is 0 Å². The van der Waals surface area contributed by atoms with Gasteiger partial charge < -0.3 is 0 Å². The Morgan fingerprint density at radius 2 is 1.94 bits per heavy atom. The lowest BCUT2D eigenvalue weighted by Crippen LogP contribution is -2.47. The molecule has 0 aliphatic heterocycles. The number of rotatable bonds is 3. The molecule has 0 spiro atoms. The van der Waals surface area contributed by atoms with Crippen LogP contribution in [0.1, 0.15) is 34.1 Å². The van der Waals surface area contributed by atoms with Gasteiger partial charge in [0.1, 0.15) is 10.3 Å². The van der Waals surface area contributed by atoms with Gasteiger partial charge in [-0.05, 0) is 26.7 Å². The van der Waals surface area contributed by atoms with Crippen LogP contribution in [0.4, 0.5) is 0 Å². The Kier molecular flexibility index (Phi) is 5.60. The van der Waals surface area contributed by atoms with E-state index < -0.39 is 5.54 Å². The van der Waals surface area contributed by atoms with Gasteiger partial charge in [0.25, 0.3) is 11.8 Å². The summed E-state index contributed by atoms with van der Waals surface area (Å²) in [5.41, 5.74) is -0.430. The van der Waals surface area contributed by atoms with Crippen LogP contribution in [0.3, 0.4) is 0 Å². The third kappa shape index (κ3) is 3.58. The average molecular weight is 221 g/mol. The highest BCUT2D eigenvalue weighted by atomic mass is 16.5. The van der Waals surface area contributed by atoms with E-state index >= 15 is 0 Å². The van der Waals surface area contributed by atoms with E-state index in [1.165, 1.54) is 7.05 Å². The van der Waals surface area contributed by atoms with Crippen molar-refractivity contribution in [3.8, 4) is 23.8 Å². The van der Waals surface area contributed by atoms with Crippen molar-refractivity contribution in [2.75, 3.05) is 7.05 Å². The van der Waals surface area contributed by atoms with Gasteiger partial charge in [0.05, 0.1) is 5.92 Å². The Bertz CT molecular complexity index is 387. The van der Waals surface area contributed by atoms with Gasteiger partial charge >= 0.3 is 0 Å². The molecule has 16 heavy (non-hydrogen) atoms. The highest BCUT2D eigenvalue weighted by Gasteiger charge is 2.38. The fourth-order valence-electron chi connectivity index (χ4n) is 1.22. The number of hydroxylamine groups is 3. The molecule has 0 fully saturated rings. The fraction of sp³-hybridized carbons (Fsp3) is 0.583. The molecule has 0 rings (SSSR count). The summed E-state index contributed by atoms with van der Waals surface area (Å²) in [5, 5.41) is 23.8. The first kappa shape index (κ1) is 14.5. The summed E-state index contributed by atoms with van der Waals surface area (Å²) in [4.78, 5) is 0. The molecule has 0 bridgehead atoms. The maximum atomic E-state index is 11.7. The largest absolute Gasteiger partial charge is 0.296 e. The van der Waals surface area contributed by atoms with E-state index in [1.54, 1.807) is 20.8 Å². The maximum Gasteiger partial charge on any atom is 0.296 e. The topological polar surface area (TPSA) is 46.0 Å². The first-order valence-corrected chi connectivity index (χ1v) is 5.04. The highest BCUT2D eigenvalue weighted by Crippen LogP contribution is 2.14. The van der Waals surface area contributed by atoms with Gasteiger partial charge in [-0.2, -0.15) is 0 Å². The van der Waals surface area contributed by atoms with Crippen LogP contribution >= 0.6 is 0 Å². The Balaban J connectivity index is 5.33. The summed E-state index contributed by atoms with van der Waals surface area (Å²) < 4.78 is 0.540. The van der Waals surface area contributed by atoms with Crippen LogP contribution in [-0.4, -0.2) is 28.1 Å². The Labute approximate surface area is 97.1 Å². The van der Waals surface area contributed by atoms with Gasteiger partial charge in [-0.15, -0.1) is 10.3 Å². The molecule has 0 saturated heterocycles. The second kappa shape index (κ2) is 6.17. The van der Waals surface area contributed by atoms with E-state index in [9.17, 15) is 10.4 Å². The van der Waals surface area contributed by atoms with E-state index in [-0.39, 0.29) is 0 Å². The lowest BCUT2D eigenvalue weighted by molar-refractivity contribution is -0.753. The minimum Gasteiger partial charge on any atom is -0.142 e. The van der Waals surface area contributed by atoms with Crippen LogP contribution in [0.25, 0.3) is 0 Å². The van der Waals surface area contributed by atoms with E-state index in [0.717, 1.165) is 5.06 Å². The molecule has 0 aromatic carbocycles. The lowest BCUT2D eigenvalue weighted by atomic mass is 9.96. The van der Waals surface area contributed by atoms with Crippen molar-refractivity contribution < 1.29 is 15.2 Å². The molecular formula is C12H17N2O2+. The maximum absolute atomic E-state index is 11.7. The van der Waals surface area contributed by atoms with Gasteiger partial charge in [-0.1, -0.05) is 12.8 Å². The molecule has 0 saturated carbocycles. The van der Waals surface area contributed by atoms with Crippen molar-refractivity contribution >= 4 is 5.71 Å². The number of hydrogen-bond acceptors (Lipinski definition) is 1. The smallest absolute Gasteiger partial charge is 0.142 e. The molecule has 0 N–H and O–H groups in total. The number of hydrogen-bond donors (Lipinski definition) is 0. The number of nitrogens with zero attached hydrogens (tertiary/aromatic N) is 2. The van der Waals surface area contributed by atoms with E-state index in [1.807, 2.05) is 6.92 Å². The van der Waals surface area contributed by atoms with Crippen molar-refractivity contribution in [3.63, 3.8) is 0 Å².